The third kappa shape index (κ3) is 7.84. The van der Waals surface area contributed by atoms with Crippen LogP contribution in [-0.4, -0.2) is 54.1 Å². The molecule has 4 heterocycles. The van der Waals surface area contributed by atoms with E-state index in [1.165, 1.54) is 17.4 Å². The van der Waals surface area contributed by atoms with Crippen molar-refractivity contribution >= 4 is 28.3 Å². The molecule has 4 aromatic heterocycles. The van der Waals surface area contributed by atoms with Crippen molar-refractivity contribution in [2.75, 3.05) is 7.11 Å². The number of ether oxygens (including phenoxy) is 3. The van der Waals surface area contributed by atoms with Gasteiger partial charge in [-0.15, -0.1) is 11.3 Å². The molecule has 0 radical (unpaired) electrons. The van der Waals surface area contributed by atoms with Gasteiger partial charge >= 0.3 is 5.97 Å². The summed E-state index contributed by atoms with van der Waals surface area (Å²) in [5, 5.41) is 4.93. The number of aromatic nitrogens is 6. The predicted octanol–water partition coefficient (Wildman–Crippen LogP) is 7.39. The molecule has 10 nitrogen and oxygen atoms in total. The van der Waals surface area contributed by atoms with Crippen molar-refractivity contribution in [1.82, 2.24) is 29.3 Å². The lowest BCUT2D eigenvalue weighted by Crippen LogP contribution is -2.24. The molecule has 13 heteroatoms. The van der Waals surface area contributed by atoms with E-state index in [4.69, 9.17) is 19.2 Å². The van der Waals surface area contributed by atoms with E-state index in [0.29, 0.717) is 29.0 Å². The zero-order valence-electron chi connectivity index (χ0n) is 28.0. The molecule has 0 aliphatic carbocycles. The van der Waals surface area contributed by atoms with E-state index in [0.717, 1.165) is 21.5 Å². The fourth-order valence-electron chi connectivity index (χ4n) is 5.24. The normalized spacial score (nSPS) is 12.4. The fraction of sp³-hybridized carbons (Fsp3) is 0.306. The zero-order valence-corrected chi connectivity index (χ0v) is 28.8. The molecule has 0 bridgehead atoms. The van der Waals surface area contributed by atoms with Gasteiger partial charge in [-0.1, -0.05) is 6.07 Å². The van der Waals surface area contributed by atoms with Crippen LogP contribution in [-0.2, 0) is 36.1 Å². The highest BCUT2D eigenvalue weighted by Gasteiger charge is 2.22. The van der Waals surface area contributed by atoms with E-state index in [2.05, 4.69) is 15.1 Å². The van der Waals surface area contributed by atoms with Gasteiger partial charge < -0.3 is 18.8 Å². The molecule has 6 aromatic rings. The molecule has 0 amide bonds. The van der Waals surface area contributed by atoms with Gasteiger partial charge in [-0.2, -0.15) is 5.10 Å². The number of esters is 1. The lowest BCUT2D eigenvalue weighted by Gasteiger charge is -2.19. The number of benzene rings is 2. The highest BCUT2D eigenvalue weighted by molar-refractivity contribution is 7.15. The van der Waals surface area contributed by atoms with Crippen molar-refractivity contribution < 1.29 is 27.8 Å². The Balaban J connectivity index is 1.23. The molecular formula is C36H36F2N6O4S. The molecule has 0 saturated heterocycles. The smallest absolute Gasteiger partial charge is 0.338 e. The van der Waals surface area contributed by atoms with E-state index in [-0.39, 0.29) is 41.8 Å². The Morgan fingerprint density at radius 2 is 1.86 bits per heavy atom. The minimum Gasteiger partial charge on any atom is -0.470 e. The van der Waals surface area contributed by atoms with Crippen molar-refractivity contribution in [3.05, 3.63) is 101 Å². The number of aryl methyl sites for hydroxylation is 1. The van der Waals surface area contributed by atoms with Crippen LogP contribution in [0.25, 0.3) is 32.7 Å². The third-order valence-corrected chi connectivity index (χ3v) is 8.69. The van der Waals surface area contributed by atoms with Gasteiger partial charge in [0.1, 0.15) is 34.7 Å². The average molecular weight is 687 g/mol. The highest BCUT2D eigenvalue weighted by Crippen LogP contribution is 2.30. The Morgan fingerprint density at radius 3 is 2.59 bits per heavy atom. The Kier molecular flexibility index (Phi) is 9.57. The van der Waals surface area contributed by atoms with Gasteiger partial charge in [0, 0.05) is 50.2 Å². The van der Waals surface area contributed by atoms with Gasteiger partial charge in [0.2, 0.25) is 5.88 Å². The summed E-state index contributed by atoms with van der Waals surface area (Å²) >= 11 is 1.47. The number of carbonyl (C=O) groups excluding carboxylic acids is 1. The average Bonchev–Trinajstić information content (AvgIpc) is 3.79. The fourth-order valence-corrected chi connectivity index (χ4v) is 6.04. The van der Waals surface area contributed by atoms with E-state index in [9.17, 15) is 4.79 Å². The van der Waals surface area contributed by atoms with Crippen LogP contribution < -0.4 is 4.74 Å². The number of rotatable bonds is 11. The quantitative estimate of drug-likeness (QED) is 0.130. The van der Waals surface area contributed by atoms with E-state index < -0.39 is 23.2 Å². The maximum Gasteiger partial charge on any atom is 0.338 e. The standard InChI is InChI=1S/C36H36F2N6O4S/c1-21(46-6)18-44-30-13-22(35(45)48-36(2,3)4)10-11-29(30)41-32(44)14-23-12-27(38)25(15-26(23)37)28-8-7-9-33(42-28)47-20-34-39-17-31(49-34)24-16-40-43(5)19-24/h7-13,15-17,19,21H,14,18,20H2,1-6H3/t21-/m1/s1. The second-order valence-electron chi connectivity index (χ2n) is 12.7. The monoisotopic (exact) mass is 686 g/mol. The van der Waals surface area contributed by atoms with Gasteiger partial charge in [-0.25, -0.2) is 28.5 Å². The number of pyridine rings is 1. The van der Waals surface area contributed by atoms with Crippen LogP contribution in [0.15, 0.2) is 67.1 Å². The SMILES string of the molecule is CO[C@H](C)Cn1c(Cc2cc(F)c(-c3cccc(OCc4ncc(-c5cnn(C)c5)s4)n3)cc2F)nc2ccc(C(=O)OC(C)(C)C)cc21. The number of methoxy groups -OCH3 is 1. The number of imidazole rings is 1. The highest BCUT2D eigenvalue weighted by atomic mass is 32.1. The van der Waals surface area contributed by atoms with Crippen LogP contribution in [0.4, 0.5) is 8.78 Å². The molecule has 1 atom stereocenters. The van der Waals surface area contributed by atoms with Crippen molar-refractivity contribution in [3.63, 3.8) is 0 Å². The number of thiazole rings is 1. The second-order valence-corrected chi connectivity index (χ2v) is 13.8. The van der Waals surface area contributed by atoms with E-state index in [1.54, 1.807) is 81.4 Å². The molecule has 6 rings (SSSR count). The minimum atomic E-state index is -0.660. The van der Waals surface area contributed by atoms with Crippen molar-refractivity contribution in [1.29, 1.82) is 0 Å². The summed E-state index contributed by atoms with van der Waals surface area (Å²) in [4.78, 5) is 27.4. The molecule has 0 aliphatic heterocycles. The van der Waals surface area contributed by atoms with E-state index in [1.807, 2.05) is 24.7 Å². The third-order valence-electron chi connectivity index (χ3n) is 7.67. The summed E-state index contributed by atoms with van der Waals surface area (Å²) < 4.78 is 51.9. The number of hydrogen-bond donors (Lipinski definition) is 0. The first-order valence-corrected chi connectivity index (χ1v) is 16.5. The van der Waals surface area contributed by atoms with Gasteiger partial charge in [0.25, 0.3) is 0 Å². The first-order valence-electron chi connectivity index (χ1n) is 15.6. The zero-order chi connectivity index (χ0) is 34.9. The van der Waals surface area contributed by atoms with Gasteiger partial charge in [-0.3, -0.25) is 4.68 Å². The van der Waals surface area contributed by atoms with E-state index >= 15 is 8.78 Å². The molecule has 2 aromatic carbocycles. The summed E-state index contributed by atoms with van der Waals surface area (Å²) in [6.07, 6.45) is 5.22. The van der Waals surface area contributed by atoms with Gasteiger partial charge in [0.05, 0.1) is 46.0 Å². The molecule has 254 valence electrons. The Bertz CT molecular complexity index is 2130. The molecule has 0 N–H and O–H groups in total. The van der Waals surface area contributed by atoms with Crippen LogP contribution in [0.3, 0.4) is 0 Å². The maximum atomic E-state index is 15.7. The van der Waals surface area contributed by atoms with Crippen LogP contribution in [0, 0.1) is 11.6 Å². The molecule has 0 fully saturated rings. The largest absolute Gasteiger partial charge is 0.470 e. The summed E-state index contributed by atoms with van der Waals surface area (Å²) in [6, 6.07) is 12.3. The lowest BCUT2D eigenvalue weighted by molar-refractivity contribution is 0.00696. The Labute approximate surface area is 286 Å². The predicted molar refractivity (Wildman–Crippen MR) is 182 cm³/mol. The summed E-state index contributed by atoms with van der Waals surface area (Å²) in [5.41, 5.74) is 2.28. The number of nitrogens with zero attached hydrogens (tertiary/aromatic N) is 6. The Morgan fingerprint density at radius 1 is 1.04 bits per heavy atom. The topological polar surface area (TPSA) is 106 Å². The summed E-state index contributed by atoms with van der Waals surface area (Å²) in [7, 11) is 3.44. The van der Waals surface area contributed by atoms with Crippen molar-refractivity contribution in [2.45, 2.75) is 59.0 Å². The minimum absolute atomic E-state index is 0.00133. The lowest BCUT2D eigenvalue weighted by atomic mass is 10.0. The number of hydrogen-bond acceptors (Lipinski definition) is 9. The maximum absolute atomic E-state index is 15.7. The van der Waals surface area contributed by atoms with Gasteiger partial charge in [0.15, 0.2) is 0 Å². The van der Waals surface area contributed by atoms with Crippen molar-refractivity contribution in [2.24, 2.45) is 7.05 Å². The first-order chi connectivity index (χ1) is 23.4. The number of fused-ring (bicyclic) bond motifs is 1. The summed E-state index contributed by atoms with van der Waals surface area (Å²) in [6.45, 7) is 7.84. The number of carbonyl (C=O) groups is 1. The summed E-state index contributed by atoms with van der Waals surface area (Å²) in [5.74, 6) is -0.960. The van der Waals surface area contributed by atoms with Crippen LogP contribution in [0.5, 0.6) is 5.88 Å². The second kappa shape index (κ2) is 13.8. The molecule has 0 spiro atoms. The Hall–Kier alpha value is -5.01. The molecule has 49 heavy (non-hydrogen) atoms. The van der Waals surface area contributed by atoms with Crippen LogP contribution >= 0.6 is 11.3 Å². The number of halogens is 2. The first kappa shape index (κ1) is 33.9. The van der Waals surface area contributed by atoms with Gasteiger partial charge in [-0.05, 0) is 69.7 Å². The van der Waals surface area contributed by atoms with Crippen molar-refractivity contribution in [3.8, 4) is 27.6 Å². The molecule has 0 saturated carbocycles. The molecule has 0 aliphatic rings. The molecule has 0 unspecified atom stereocenters. The van der Waals surface area contributed by atoms with Crippen LogP contribution in [0.1, 0.15) is 54.4 Å². The molecular weight excluding hydrogens is 650 g/mol. The van der Waals surface area contributed by atoms with Crippen LogP contribution in [0.2, 0.25) is 0 Å².